The minimum atomic E-state index is 0.0435. The molecule has 10 nitrogen and oxygen atoms in total. The maximum absolute atomic E-state index is 8.81. The fourth-order valence-electron chi connectivity index (χ4n) is 2.68. The van der Waals surface area contributed by atoms with E-state index in [9.17, 15) is 0 Å². The van der Waals surface area contributed by atoms with Crippen LogP contribution in [0.25, 0.3) is 16.9 Å². The number of hydrogen-bond acceptors (Lipinski definition) is 9. The number of aromatic nitrogens is 6. The van der Waals surface area contributed by atoms with Crippen molar-refractivity contribution in [3.8, 4) is 12.0 Å². The molecule has 0 aliphatic heterocycles. The lowest BCUT2D eigenvalue weighted by molar-refractivity contribution is -0.106. The van der Waals surface area contributed by atoms with E-state index in [0.29, 0.717) is 25.1 Å². The monoisotopic (exact) mass is 419 g/mol. The van der Waals surface area contributed by atoms with Crippen molar-refractivity contribution in [1.82, 2.24) is 29.7 Å². The van der Waals surface area contributed by atoms with Gasteiger partial charge in [0.2, 0.25) is 5.28 Å². The van der Waals surface area contributed by atoms with Gasteiger partial charge >= 0.3 is 6.01 Å². The van der Waals surface area contributed by atoms with E-state index >= 15 is 0 Å². The van der Waals surface area contributed by atoms with Gasteiger partial charge in [-0.1, -0.05) is 0 Å². The van der Waals surface area contributed by atoms with Gasteiger partial charge in [-0.05, 0) is 31.4 Å². The van der Waals surface area contributed by atoms with Crippen LogP contribution >= 0.6 is 11.6 Å². The summed E-state index contributed by atoms with van der Waals surface area (Å²) in [6, 6.07) is 2.05. The highest BCUT2D eigenvalue weighted by molar-refractivity contribution is 6.28. The molecule has 11 heteroatoms. The molecule has 0 unspecified atom stereocenters. The van der Waals surface area contributed by atoms with Crippen LogP contribution < -0.4 is 10.1 Å². The Morgan fingerprint density at radius 1 is 1.31 bits per heavy atom. The molecule has 1 aliphatic carbocycles. The molecule has 3 heterocycles. The average Bonchev–Trinajstić information content (AvgIpc) is 3.48. The third-order valence-corrected chi connectivity index (χ3v) is 4.27. The first-order valence-electron chi connectivity index (χ1n) is 9.11. The van der Waals surface area contributed by atoms with Crippen LogP contribution in [0, 0.1) is 0 Å². The fraction of sp³-hybridized carbons (Fsp3) is 0.444. The van der Waals surface area contributed by atoms with Gasteiger partial charge < -0.3 is 19.6 Å². The van der Waals surface area contributed by atoms with Gasteiger partial charge in [-0.2, -0.15) is 24.7 Å². The first-order chi connectivity index (χ1) is 14.1. The summed E-state index contributed by atoms with van der Waals surface area (Å²) in [6.45, 7) is 2.18. The molecule has 4 rings (SSSR count). The van der Waals surface area contributed by atoms with E-state index in [1.54, 1.807) is 11.8 Å². The van der Waals surface area contributed by atoms with Gasteiger partial charge in [-0.25, -0.2) is 4.98 Å². The van der Waals surface area contributed by atoms with Crippen LogP contribution in [0.1, 0.15) is 31.4 Å². The first kappa shape index (κ1) is 20.9. The lowest BCUT2D eigenvalue weighted by Crippen LogP contribution is -2.11. The van der Waals surface area contributed by atoms with Crippen LogP contribution in [0.2, 0.25) is 5.28 Å². The third-order valence-electron chi connectivity index (χ3n) is 4.10. The van der Waals surface area contributed by atoms with Gasteiger partial charge in [0.15, 0.2) is 0 Å². The van der Waals surface area contributed by atoms with E-state index in [1.165, 1.54) is 6.92 Å². The zero-order chi connectivity index (χ0) is 20.8. The Bertz CT molecular complexity index is 991. The Kier molecular flexibility index (Phi) is 6.89. The molecule has 0 saturated heterocycles. The highest BCUT2D eigenvalue weighted by Gasteiger charge is 2.30. The summed E-state index contributed by atoms with van der Waals surface area (Å²) in [5.74, 6) is 1.50. The molecule has 3 aromatic rings. The van der Waals surface area contributed by atoms with Crippen molar-refractivity contribution in [1.29, 1.82) is 0 Å². The van der Waals surface area contributed by atoms with E-state index in [-0.39, 0.29) is 11.3 Å². The Labute approximate surface area is 172 Å². The largest absolute Gasteiger partial charge is 0.461 e. The van der Waals surface area contributed by atoms with Gasteiger partial charge in [0.25, 0.3) is 5.95 Å². The van der Waals surface area contributed by atoms with Gasteiger partial charge in [-0.3, -0.25) is 0 Å². The Morgan fingerprint density at radius 2 is 2.07 bits per heavy atom. The number of carbonyl (C=O) groups excluding carboxylic acids is 1. The van der Waals surface area contributed by atoms with Crippen molar-refractivity contribution >= 4 is 34.6 Å². The molecular formula is C18H22ClN7O3. The number of hydrogen-bond donors (Lipinski definition) is 1. The number of pyridine rings is 1. The summed E-state index contributed by atoms with van der Waals surface area (Å²) in [7, 11) is 3.41. The molecule has 1 aliphatic rings. The Morgan fingerprint density at radius 3 is 2.72 bits per heavy atom. The first-order valence-corrected chi connectivity index (χ1v) is 9.49. The lowest BCUT2D eigenvalue weighted by atomic mass is 10.2. The standard InChI is InChI=1S/C16H18ClN7O2.C2H4O/c1-18-12-7-11-10(8-19-12)13(9-3-4-9)23-24(11)15-20-14(17)21-16(22-15)26-6-5-25-2;1-2-3/h7-9H,3-6H2,1-2H3,(H,18,19);2H,1H3. The number of anilines is 1. The summed E-state index contributed by atoms with van der Waals surface area (Å²) in [5.41, 5.74) is 1.87. The van der Waals surface area contributed by atoms with Gasteiger partial charge in [0, 0.05) is 37.7 Å². The van der Waals surface area contributed by atoms with Crippen molar-refractivity contribution in [2.75, 3.05) is 32.7 Å². The van der Waals surface area contributed by atoms with E-state index in [4.69, 9.17) is 31.0 Å². The number of aldehydes is 1. The van der Waals surface area contributed by atoms with E-state index < -0.39 is 0 Å². The molecule has 1 fully saturated rings. The maximum atomic E-state index is 8.81. The second kappa shape index (κ2) is 9.57. The quantitative estimate of drug-likeness (QED) is 0.455. The van der Waals surface area contributed by atoms with Gasteiger partial charge in [0.1, 0.15) is 18.7 Å². The van der Waals surface area contributed by atoms with Crippen molar-refractivity contribution in [2.45, 2.75) is 25.7 Å². The molecule has 0 aromatic carbocycles. The average molecular weight is 420 g/mol. The number of halogens is 1. The summed E-state index contributed by atoms with van der Waals surface area (Å²) in [6.07, 6.45) is 4.84. The van der Waals surface area contributed by atoms with Crippen LogP contribution in [-0.4, -0.2) is 63.4 Å². The molecule has 0 bridgehead atoms. The fourth-order valence-corrected chi connectivity index (χ4v) is 2.83. The smallest absolute Gasteiger partial charge is 0.322 e. The molecule has 29 heavy (non-hydrogen) atoms. The number of fused-ring (bicyclic) bond motifs is 1. The summed E-state index contributed by atoms with van der Waals surface area (Å²) >= 11 is 6.06. The van der Waals surface area contributed by atoms with Crippen molar-refractivity contribution < 1.29 is 14.3 Å². The minimum Gasteiger partial charge on any atom is -0.461 e. The predicted molar refractivity (Wildman–Crippen MR) is 108 cm³/mol. The van der Waals surface area contributed by atoms with Crippen molar-refractivity contribution in [2.24, 2.45) is 0 Å². The lowest BCUT2D eigenvalue weighted by Gasteiger charge is -2.07. The van der Waals surface area contributed by atoms with Gasteiger partial charge in [-0.15, -0.1) is 0 Å². The Hall–Kier alpha value is -2.85. The highest BCUT2D eigenvalue weighted by Crippen LogP contribution is 2.42. The number of rotatable bonds is 7. The molecule has 3 aromatic heterocycles. The number of carbonyl (C=O) groups is 1. The summed E-state index contributed by atoms with van der Waals surface area (Å²) in [5, 5.41) is 8.81. The van der Waals surface area contributed by atoms with Crippen LogP contribution in [0.4, 0.5) is 5.82 Å². The van der Waals surface area contributed by atoms with Crippen LogP contribution in [0.5, 0.6) is 6.01 Å². The van der Waals surface area contributed by atoms with E-state index in [2.05, 4.69) is 25.3 Å². The molecule has 1 N–H and O–H groups in total. The second-order valence-corrected chi connectivity index (χ2v) is 6.51. The van der Waals surface area contributed by atoms with Crippen molar-refractivity contribution in [3.63, 3.8) is 0 Å². The Balaban J connectivity index is 0.000000755. The molecule has 0 amide bonds. The van der Waals surface area contributed by atoms with Crippen molar-refractivity contribution in [3.05, 3.63) is 23.2 Å². The highest BCUT2D eigenvalue weighted by atomic mass is 35.5. The topological polar surface area (TPSA) is 117 Å². The number of methoxy groups -OCH3 is 1. The SMILES string of the molecule is CC=O.CNc1cc2c(cn1)c(C1CC1)nn2-c1nc(Cl)nc(OCCOC)n1. The van der Waals surface area contributed by atoms with Crippen LogP contribution in [0.3, 0.4) is 0 Å². The summed E-state index contributed by atoms with van der Waals surface area (Å²) in [4.78, 5) is 25.8. The molecule has 0 spiro atoms. The van der Waals surface area contributed by atoms with Gasteiger partial charge in [0.05, 0.1) is 17.8 Å². The zero-order valence-corrected chi connectivity index (χ0v) is 17.2. The maximum Gasteiger partial charge on any atom is 0.322 e. The second-order valence-electron chi connectivity index (χ2n) is 6.17. The van der Waals surface area contributed by atoms with Crippen LogP contribution in [-0.2, 0) is 9.53 Å². The predicted octanol–water partition coefficient (Wildman–Crippen LogP) is 2.41. The molecule has 0 atom stereocenters. The molecule has 0 radical (unpaired) electrons. The molecule has 154 valence electrons. The summed E-state index contributed by atoms with van der Waals surface area (Å²) < 4.78 is 12.1. The zero-order valence-electron chi connectivity index (χ0n) is 16.4. The number of nitrogens with zero attached hydrogens (tertiary/aromatic N) is 6. The minimum absolute atomic E-state index is 0.0435. The van der Waals surface area contributed by atoms with E-state index in [0.717, 1.165) is 41.5 Å². The number of ether oxygens (including phenoxy) is 2. The normalized spacial score (nSPS) is 13.0. The molecule has 1 saturated carbocycles. The van der Waals surface area contributed by atoms with E-state index in [1.807, 2.05) is 19.3 Å². The third kappa shape index (κ3) is 4.96. The van der Waals surface area contributed by atoms with Crippen LogP contribution in [0.15, 0.2) is 12.3 Å². The number of nitrogens with one attached hydrogen (secondary N) is 1. The molecular weight excluding hydrogens is 398 g/mol.